The molecule has 1 aromatic heterocycles. The van der Waals surface area contributed by atoms with Gasteiger partial charge in [-0.15, -0.1) is 0 Å². The maximum Gasteiger partial charge on any atom is 0.248 e. The lowest BCUT2D eigenvalue weighted by Gasteiger charge is -2.32. The van der Waals surface area contributed by atoms with E-state index in [-0.39, 0.29) is 17.6 Å². The third-order valence-corrected chi connectivity index (χ3v) is 4.89. The lowest BCUT2D eigenvalue weighted by Crippen LogP contribution is -2.38. The zero-order valence-corrected chi connectivity index (χ0v) is 16.1. The first-order valence-electron chi connectivity index (χ1n) is 9.11. The highest BCUT2D eigenvalue weighted by molar-refractivity contribution is 5.92. The number of carbonyl (C=O) groups excluding carboxylic acids is 1. The molecule has 0 radical (unpaired) electrons. The number of piperidine rings is 1. The van der Waals surface area contributed by atoms with Crippen LogP contribution in [0.25, 0.3) is 11.1 Å². The number of rotatable bonds is 4. The Labute approximate surface area is 159 Å². The van der Waals surface area contributed by atoms with Gasteiger partial charge in [0.05, 0.1) is 5.69 Å². The molecule has 1 amide bonds. The van der Waals surface area contributed by atoms with Crippen LogP contribution in [0, 0.1) is 5.82 Å². The summed E-state index contributed by atoms with van der Waals surface area (Å²) in [4.78, 5) is 25.1. The van der Waals surface area contributed by atoms with Gasteiger partial charge in [0, 0.05) is 50.4 Å². The van der Waals surface area contributed by atoms with Crippen LogP contribution in [-0.2, 0) is 4.79 Å². The largest absolute Gasteiger partial charge is 0.347 e. The second kappa shape index (κ2) is 7.86. The van der Waals surface area contributed by atoms with E-state index in [2.05, 4.69) is 11.6 Å². The topological polar surface area (TPSA) is 49.3 Å². The molecule has 6 heteroatoms. The van der Waals surface area contributed by atoms with Crippen LogP contribution < -0.4 is 4.90 Å². The van der Waals surface area contributed by atoms with Crippen LogP contribution in [0.15, 0.2) is 42.6 Å². The molecule has 3 rings (SSSR count). The summed E-state index contributed by atoms with van der Waals surface area (Å²) in [6, 6.07) is 6.42. The first-order valence-corrected chi connectivity index (χ1v) is 9.11. The molecule has 0 spiro atoms. The predicted molar refractivity (Wildman–Crippen MR) is 105 cm³/mol. The Balaban J connectivity index is 1.91. The number of hydrogen-bond acceptors (Lipinski definition) is 4. The Morgan fingerprint density at radius 3 is 2.41 bits per heavy atom. The standard InChI is InChI=1S/C21H25FN4O/c1-14(2)20(27)26-11-9-16(10-12-26)19-18(13-23-21(24-19)25(3)4)15-5-7-17(22)8-6-15/h5-8,13,16H,1,9-12H2,2-4H3. The Morgan fingerprint density at radius 1 is 1.22 bits per heavy atom. The van der Waals surface area contributed by atoms with Crippen molar-refractivity contribution in [3.05, 3.63) is 54.1 Å². The smallest absolute Gasteiger partial charge is 0.248 e. The number of benzene rings is 1. The molecule has 0 bridgehead atoms. The quantitative estimate of drug-likeness (QED) is 0.774. The molecule has 0 aliphatic carbocycles. The minimum absolute atomic E-state index is 0.0175. The molecule has 2 heterocycles. The molecule has 1 aliphatic rings. The highest BCUT2D eigenvalue weighted by Gasteiger charge is 2.27. The second-order valence-electron chi connectivity index (χ2n) is 7.22. The van der Waals surface area contributed by atoms with Crippen molar-refractivity contribution < 1.29 is 9.18 Å². The van der Waals surface area contributed by atoms with E-state index in [0.29, 0.717) is 24.6 Å². The zero-order chi connectivity index (χ0) is 19.6. The Morgan fingerprint density at radius 2 is 1.85 bits per heavy atom. The molecule has 1 saturated heterocycles. The average molecular weight is 368 g/mol. The first kappa shape index (κ1) is 19.0. The number of likely N-dealkylation sites (tertiary alicyclic amines) is 1. The van der Waals surface area contributed by atoms with E-state index in [1.807, 2.05) is 30.1 Å². The molecule has 0 saturated carbocycles. The van der Waals surface area contributed by atoms with Crippen LogP contribution in [0.3, 0.4) is 0 Å². The van der Waals surface area contributed by atoms with E-state index >= 15 is 0 Å². The highest BCUT2D eigenvalue weighted by atomic mass is 19.1. The maximum atomic E-state index is 13.3. The van der Waals surface area contributed by atoms with Gasteiger partial charge in [-0.05, 0) is 37.5 Å². The second-order valence-corrected chi connectivity index (χ2v) is 7.22. The van der Waals surface area contributed by atoms with Gasteiger partial charge >= 0.3 is 0 Å². The lowest BCUT2D eigenvalue weighted by molar-refractivity contribution is -0.128. The summed E-state index contributed by atoms with van der Waals surface area (Å²) in [6.45, 7) is 6.86. The number of hydrogen-bond donors (Lipinski definition) is 0. The van der Waals surface area contributed by atoms with Gasteiger partial charge in [0.25, 0.3) is 0 Å². The Kier molecular flexibility index (Phi) is 5.54. The van der Waals surface area contributed by atoms with Crippen LogP contribution in [0.2, 0.25) is 0 Å². The normalized spacial score (nSPS) is 14.9. The number of nitrogens with zero attached hydrogens (tertiary/aromatic N) is 4. The summed E-state index contributed by atoms with van der Waals surface area (Å²) in [6.07, 6.45) is 3.48. The molecule has 1 aliphatic heterocycles. The first-order chi connectivity index (χ1) is 12.9. The fourth-order valence-corrected chi connectivity index (χ4v) is 3.39. The summed E-state index contributed by atoms with van der Waals surface area (Å²) >= 11 is 0. The van der Waals surface area contributed by atoms with Gasteiger partial charge in [-0.3, -0.25) is 4.79 Å². The molecule has 27 heavy (non-hydrogen) atoms. The molecule has 5 nitrogen and oxygen atoms in total. The number of anilines is 1. The van der Waals surface area contributed by atoms with Gasteiger partial charge in [-0.25, -0.2) is 14.4 Å². The number of halogens is 1. The summed E-state index contributed by atoms with van der Waals surface area (Å²) in [5.74, 6) is 0.624. The Hall–Kier alpha value is -2.76. The van der Waals surface area contributed by atoms with Crippen molar-refractivity contribution in [2.45, 2.75) is 25.7 Å². The van der Waals surface area contributed by atoms with Crippen LogP contribution in [0.4, 0.5) is 10.3 Å². The molecule has 1 aromatic carbocycles. The van der Waals surface area contributed by atoms with Gasteiger partial charge in [0.2, 0.25) is 11.9 Å². The average Bonchev–Trinajstić information content (AvgIpc) is 2.67. The third-order valence-electron chi connectivity index (χ3n) is 4.89. The Bertz CT molecular complexity index is 840. The van der Waals surface area contributed by atoms with Gasteiger partial charge in [-0.1, -0.05) is 18.7 Å². The molecule has 2 aromatic rings. The van der Waals surface area contributed by atoms with E-state index in [9.17, 15) is 9.18 Å². The van der Waals surface area contributed by atoms with Gasteiger partial charge < -0.3 is 9.80 Å². The van der Waals surface area contributed by atoms with Crippen molar-refractivity contribution in [1.82, 2.24) is 14.9 Å². The fraction of sp³-hybridized carbons (Fsp3) is 0.381. The SMILES string of the molecule is C=C(C)C(=O)N1CCC(c2nc(N(C)C)ncc2-c2ccc(F)cc2)CC1. The molecule has 142 valence electrons. The van der Waals surface area contributed by atoms with Crippen molar-refractivity contribution in [1.29, 1.82) is 0 Å². The molecule has 0 atom stereocenters. The minimum atomic E-state index is -0.266. The number of carbonyl (C=O) groups is 1. The zero-order valence-electron chi connectivity index (χ0n) is 16.1. The van der Waals surface area contributed by atoms with E-state index in [1.165, 1.54) is 12.1 Å². The predicted octanol–water partition coefficient (Wildman–Crippen LogP) is 3.63. The van der Waals surface area contributed by atoms with E-state index < -0.39 is 0 Å². The summed E-state index contributed by atoms with van der Waals surface area (Å²) < 4.78 is 13.3. The fourth-order valence-electron chi connectivity index (χ4n) is 3.39. The molecule has 0 N–H and O–H groups in total. The van der Waals surface area contributed by atoms with Gasteiger partial charge in [-0.2, -0.15) is 0 Å². The van der Waals surface area contributed by atoms with Crippen molar-refractivity contribution in [2.75, 3.05) is 32.1 Å². The molecular weight excluding hydrogens is 343 g/mol. The summed E-state index contributed by atoms with van der Waals surface area (Å²) in [7, 11) is 3.82. The van der Waals surface area contributed by atoms with Crippen molar-refractivity contribution in [2.24, 2.45) is 0 Å². The monoisotopic (exact) mass is 368 g/mol. The lowest BCUT2D eigenvalue weighted by atomic mass is 9.88. The van der Waals surface area contributed by atoms with Gasteiger partial charge in [0.15, 0.2) is 0 Å². The number of aromatic nitrogens is 2. The van der Waals surface area contributed by atoms with Crippen LogP contribution in [0.1, 0.15) is 31.4 Å². The van der Waals surface area contributed by atoms with Gasteiger partial charge in [0.1, 0.15) is 5.82 Å². The van der Waals surface area contributed by atoms with E-state index in [1.54, 1.807) is 19.1 Å². The third kappa shape index (κ3) is 4.15. The van der Waals surface area contributed by atoms with Crippen molar-refractivity contribution in [3.8, 4) is 11.1 Å². The minimum Gasteiger partial charge on any atom is -0.347 e. The maximum absolute atomic E-state index is 13.3. The molecule has 1 fully saturated rings. The number of amides is 1. The molecule has 0 unspecified atom stereocenters. The van der Waals surface area contributed by atoms with Crippen LogP contribution in [0.5, 0.6) is 0 Å². The highest BCUT2D eigenvalue weighted by Crippen LogP contribution is 2.35. The van der Waals surface area contributed by atoms with E-state index in [0.717, 1.165) is 29.7 Å². The van der Waals surface area contributed by atoms with Crippen molar-refractivity contribution in [3.63, 3.8) is 0 Å². The molecular formula is C21H25FN4O. The summed E-state index contributed by atoms with van der Waals surface area (Å²) in [5, 5.41) is 0. The van der Waals surface area contributed by atoms with Crippen molar-refractivity contribution >= 4 is 11.9 Å². The van der Waals surface area contributed by atoms with Crippen LogP contribution >= 0.6 is 0 Å². The summed E-state index contributed by atoms with van der Waals surface area (Å²) in [5.41, 5.74) is 3.35. The van der Waals surface area contributed by atoms with Crippen LogP contribution in [-0.4, -0.2) is 48.0 Å². The van der Waals surface area contributed by atoms with E-state index in [4.69, 9.17) is 4.98 Å².